The highest BCUT2D eigenvalue weighted by Gasteiger charge is 2.12. The second kappa shape index (κ2) is 4.20. The van der Waals surface area contributed by atoms with Crippen molar-refractivity contribution in [3.8, 4) is 0 Å². The van der Waals surface area contributed by atoms with Crippen LogP contribution in [-0.4, -0.2) is 30.4 Å². The number of pyridine rings is 1. The van der Waals surface area contributed by atoms with Crippen molar-refractivity contribution in [2.45, 2.75) is 6.54 Å². The Morgan fingerprint density at radius 3 is 2.82 bits per heavy atom. The third-order valence-electron chi connectivity index (χ3n) is 2.37. The van der Waals surface area contributed by atoms with Gasteiger partial charge in [0.25, 0.3) is 5.56 Å². The lowest BCUT2D eigenvalue weighted by Gasteiger charge is -2.08. The molecule has 7 heteroatoms. The molecule has 0 fully saturated rings. The zero-order valence-corrected chi connectivity index (χ0v) is 9.07. The molecule has 0 aliphatic rings. The molecule has 2 aromatic rings. The van der Waals surface area contributed by atoms with Gasteiger partial charge in [0.15, 0.2) is 0 Å². The Morgan fingerprint density at radius 1 is 1.47 bits per heavy atom. The zero-order valence-electron chi connectivity index (χ0n) is 9.07. The van der Waals surface area contributed by atoms with Gasteiger partial charge in [-0.3, -0.25) is 14.0 Å². The van der Waals surface area contributed by atoms with Crippen LogP contribution in [0.25, 0.3) is 0 Å². The topological polar surface area (TPSA) is 90.0 Å². The van der Waals surface area contributed by atoms with Gasteiger partial charge >= 0.3 is 5.97 Å². The fourth-order valence-corrected chi connectivity index (χ4v) is 1.47. The molecule has 7 nitrogen and oxygen atoms in total. The molecule has 0 aliphatic carbocycles. The van der Waals surface area contributed by atoms with E-state index in [4.69, 9.17) is 5.11 Å². The number of aromatic nitrogens is 4. The monoisotopic (exact) mass is 234 g/mol. The Labute approximate surface area is 96.0 Å². The van der Waals surface area contributed by atoms with Crippen LogP contribution in [-0.2, 0) is 13.6 Å². The van der Waals surface area contributed by atoms with E-state index in [2.05, 4.69) is 10.1 Å². The molecule has 0 aromatic carbocycles. The Hall–Kier alpha value is -2.44. The van der Waals surface area contributed by atoms with Crippen molar-refractivity contribution in [3.05, 3.63) is 46.4 Å². The Morgan fingerprint density at radius 2 is 2.24 bits per heavy atom. The SMILES string of the molecule is Cn1ncnc1Cn1c(C(=O)O)cccc1=O. The van der Waals surface area contributed by atoms with Gasteiger partial charge in [0, 0.05) is 13.1 Å². The highest BCUT2D eigenvalue weighted by Crippen LogP contribution is 2.00. The molecule has 0 bridgehead atoms. The highest BCUT2D eigenvalue weighted by atomic mass is 16.4. The number of hydrogen-bond donors (Lipinski definition) is 1. The minimum Gasteiger partial charge on any atom is -0.477 e. The van der Waals surface area contributed by atoms with Crippen LogP contribution < -0.4 is 5.56 Å². The van der Waals surface area contributed by atoms with Crippen molar-refractivity contribution in [2.75, 3.05) is 0 Å². The van der Waals surface area contributed by atoms with E-state index < -0.39 is 5.97 Å². The van der Waals surface area contributed by atoms with Crippen LogP contribution >= 0.6 is 0 Å². The van der Waals surface area contributed by atoms with Gasteiger partial charge in [0.1, 0.15) is 17.8 Å². The summed E-state index contributed by atoms with van der Waals surface area (Å²) in [6.45, 7) is 0.0812. The predicted octanol–water partition coefficient (Wildman–Crippen LogP) is -0.277. The summed E-state index contributed by atoms with van der Waals surface area (Å²) in [6, 6.07) is 4.10. The molecule has 2 aromatic heterocycles. The number of aromatic carboxylic acids is 1. The molecule has 0 saturated heterocycles. The summed E-state index contributed by atoms with van der Waals surface area (Å²) in [4.78, 5) is 26.6. The fraction of sp³-hybridized carbons (Fsp3) is 0.200. The van der Waals surface area contributed by atoms with Gasteiger partial charge in [-0.1, -0.05) is 6.07 Å². The molecule has 0 unspecified atom stereocenters. The molecule has 1 N–H and O–H groups in total. The first-order valence-corrected chi connectivity index (χ1v) is 4.85. The third-order valence-corrected chi connectivity index (χ3v) is 2.37. The second-order valence-corrected chi connectivity index (χ2v) is 3.44. The zero-order chi connectivity index (χ0) is 12.4. The van der Waals surface area contributed by atoms with Crippen LogP contribution in [0, 0.1) is 0 Å². The van der Waals surface area contributed by atoms with Crippen LogP contribution in [0.4, 0.5) is 0 Å². The molecule has 0 saturated carbocycles. The van der Waals surface area contributed by atoms with E-state index >= 15 is 0 Å². The summed E-state index contributed by atoms with van der Waals surface area (Å²) in [5.74, 6) is -0.634. The van der Waals surface area contributed by atoms with Crippen molar-refractivity contribution in [1.29, 1.82) is 0 Å². The third kappa shape index (κ3) is 2.07. The van der Waals surface area contributed by atoms with Gasteiger partial charge in [0.05, 0.1) is 6.54 Å². The number of rotatable bonds is 3. The molecule has 0 amide bonds. The van der Waals surface area contributed by atoms with E-state index in [0.29, 0.717) is 5.82 Å². The van der Waals surface area contributed by atoms with Crippen molar-refractivity contribution < 1.29 is 9.90 Å². The number of hydrogen-bond acceptors (Lipinski definition) is 4. The summed E-state index contributed by atoms with van der Waals surface area (Å²) in [5.41, 5.74) is -0.451. The fourth-order valence-electron chi connectivity index (χ4n) is 1.47. The van der Waals surface area contributed by atoms with E-state index in [1.807, 2.05) is 0 Å². The smallest absolute Gasteiger partial charge is 0.352 e. The Kier molecular flexibility index (Phi) is 2.73. The first-order valence-electron chi connectivity index (χ1n) is 4.85. The quantitative estimate of drug-likeness (QED) is 0.789. The van der Waals surface area contributed by atoms with Crippen molar-refractivity contribution in [3.63, 3.8) is 0 Å². The molecule has 0 aliphatic heterocycles. The van der Waals surface area contributed by atoms with E-state index in [9.17, 15) is 9.59 Å². The number of nitrogens with zero attached hydrogens (tertiary/aromatic N) is 4. The maximum atomic E-state index is 11.6. The number of carbonyl (C=O) groups is 1. The molecule has 2 rings (SSSR count). The van der Waals surface area contributed by atoms with Crippen LogP contribution in [0.3, 0.4) is 0 Å². The van der Waals surface area contributed by atoms with Crippen LogP contribution in [0.2, 0.25) is 0 Å². The average molecular weight is 234 g/mol. The second-order valence-electron chi connectivity index (χ2n) is 3.44. The van der Waals surface area contributed by atoms with Crippen molar-refractivity contribution in [1.82, 2.24) is 19.3 Å². The van der Waals surface area contributed by atoms with E-state index in [0.717, 1.165) is 4.57 Å². The number of carboxylic acids is 1. The van der Waals surface area contributed by atoms with E-state index in [-0.39, 0.29) is 17.8 Å². The minimum absolute atomic E-state index is 0.0690. The first kappa shape index (κ1) is 11.1. The van der Waals surface area contributed by atoms with Crippen molar-refractivity contribution in [2.24, 2.45) is 7.05 Å². The van der Waals surface area contributed by atoms with Gasteiger partial charge in [0.2, 0.25) is 0 Å². The average Bonchev–Trinajstić information content (AvgIpc) is 2.67. The Balaban J connectivity index is 2.49. The summed E-state index contributed by atoms with van der Waals surface area (Å²) >= 11 is 0. The molecule has 17 heavy (non-hydrogen) atoms. The molecule has 0 spiro atoms. The van der Waals surface area contributed by atoms with Gasteiger partial charge in [-0.15, -0.1) is 0 Å². The normalized spacial score (nSPS) is 10.4. The summed E-state index contributed by atoms with van der Waals surface area (Å²) in [7, 11) is 1.68. The van der Waals surface area contributed by atoms with E-state index in [1.54, 1.807) is 7.05 Å². The Bertz CT molecular complexity index is 614. The van der Waals surface area contributed by atoms with Crippen LogP contribution in [0.15, 0.2) is 29.3 Å². The van der Waals surface area contributed by atoms with Crippen LogP contribution in [0.5, 0.6) is 0 Å². The van der Waals surface area contributed by atoms with Gasteiger partial charge < -0.3 is 5.11 Å². The largest absolute Gasteiger partial charge is 0.477 e. The lowest BCUT2D eigenvalue weighted by Crippen LogP contribution is -2.26. The van der Waals surface area contributed by atoms with Gasteiger partial charge in [-0.05, 0) is 6.07 Å². The molecule has 0 atom stereocenters. The van der Waals surface area contributed by atoms with Crippen LogP contribution in [0.1, 0.15) is 16.3 Å². The standard InChI is InChI=1S/C10H10N4O3/c1-13-8(11-6-12-13)5-14-7(10(16)17)3-2-4-9(14)15/h2-4,6H,5H2,1H3,(H,16,17). The lowest BCUT2D eigenvalue weighted by atomic mass is 10.3. The first-order chi connectivity index (χ1) is 8.09. The molecule has 88 valence electrons. The lowest BCUT2D eigenvalue weighted by molar-refractivity contribution is 0.0684. The van der Waals surface area contributed by atoms with Crippen molar-refractivity contribution >= 4 is 5.97 Å². The summed E-state index contributed by atoms with van der Waals surface area (Å²) in [5, 5.41) is 12.8. The minimum atomic E-state index is -1.15. The number of aryl methyl sites for hydroxylation is 1. The predicted molar refractivity (Wildman–Crippen MR) is 57.8 cm³/mol. The number of carboxylic acid groups (broad SMARTS) is 1. The summed E-state index contributed by atoms with van der Waals surface area (Å²) < 4.78 is 2.64. The molecular formula is C10H10N4O3. The summed E-state index contributed by atoms with van der Waals surface area (Å²) in [6.07, 6.45) is 1.35. The van der Waals surface area contributed by atoms with Gasteiger partial charge in [-0.2, -0.15) is 5.10 Å². The maximum Gasteiger partial charge on any atom is 0.352 e. The van der Waals surface area contributed by atoms with Gasteiger partial charge in [-0.25, -0.2) is 9.78 Å². The molecular weight excluding hydrogens is 224 g/mol. The maximum absolute atomic E-state index is 11.6. The molecule has 0 radical (unpaired) electrons. The van der Waals surface area contributed by atoms with E-state index in [1.165, 1.54) is 29.2 Å². The highest BCUT2D eigenvalue weighted by molar-refractivity contribution is 5.85. The molecule has 2 heterocycles.